The summed E-state index contributed by atoms with van der Waals surface area (Å²) in [6.07, 6.45) is 0.594. The normalized spacial score (nSPS) is 13.0. The van der Waals surface area contributed by atoms with Gasteiger partial charge in [-0.3, -0.25) is 9.69 Å². The smallest absolute Gasteiger partial charge is 0.323 e. The van der Waals surface area contributed by atoms with Crippen LogP contribution < -0.4 is 0 Å². The summed E-state index contributed by atoms with van der Waals surface area (Å²) in [7, 11) is -3.06. The lowest BCUT2D eigenvalue weighted by Gasteiger charge is -2.33. The molecule has 0 aromatic heterocycles. The molecule has 0 aliphatic carbocycles. The summed E-state index contributed by atoms with van der Waals surface area (Å²) in [4.78, 5) is 12.7. The maximum Gasteiger partial charge on any atom is 0.323 e. The van der Waals surface area contributed by atoms with Crippen LogP contribution in [-0.4, -0.2) is 54.5 Å². The number of carbonyl (C=O) groups is 1. The van der Waals surface area contributed by atoms with Gasteiger partial charge in [-0.2, -0.15) is 0 Å². The van der Waals surface area contributed by atoms with Crippen molar-refractivity contribution in [2.24, 2.45) is 0 Å². The molecular weight excluding hydrogens is 242 g/mol. The second kappa shape index (κ2) is 6.35. The molecule has 5 nitrogen and oxygen atoms in total. The number of rotatable bonds is 8. The number of aliphatic carboxylic acids is 1. The first kappa shape index (κ1) is 16.4. The predicted octanol–water partition coefficient (Wildman–Crippen LogP) is 0.996. The van der Waals surface area contributed by atoms with E-state index in [1.54, 1.807) is 18.7 Å². The van der Waals surface area contributed by atoms with Gasteiger partial charge in [0, 0.05) is 12.3 Å². The van der Waals surface area contributed by atoms with Crippen molar-refractivity contribution in [2.75, 3.05) is 24.6 Å². The fourth-order valence-corrected chi connectivity index (χ4v) is 2.96. The topological polar surface area (TPSA) is 74.7 Å². The molecule has 0 radical (unpaired) electrons. The number of carboxylic acids is 1. The van der Waals surface area contributed by atoms with Crippen molar-refractivity contribution in [2.45, 2.75) is 39.7 Å². The molecule has 6 heteroatoms. The average molecular weight is 265 g/mol. The first-order valence-electron chi connectivity index (χ1n) is 5.86. The van der Waals surface area contributed by atoms with Gasteiger partial charge in [-0.05, 0) is 26.8 Å². The molecule has 0 spiro atoms. The van der Waals surface area contributed by atoms with Crippen molar-refractivity contribution in [3.8, 4) is 0 Å². The van der Waals surface area contributed by atoms with E-state index in [9.17, 15) is 13.2 Å². The van der Waals surface area contributed by atoms with Crippen LogP contribution in [-0.2, 0) is 14.6 Å². The van der Waals surface area contributed by atoms with E-state index < -0.39 is 21.3 Å². The van der Waals surface area contributed by atoms with Gasteiger partial charge in [-0.1, -0.05) is 13.8 Å². The predicted molar refractivity (Wildman–Crippen MR) is 67.9 cm³/mol. The molecule has 0 rings (SSSR count). The van der Waals surface area contributed by atoms with Crippen LogP contribution in [0.15, 0.2) is 0 Å². The summed E-state index contributed by atoms with van der Waals surface area (Å²) >= 11 is 0. The third-order valence-electron chi connectivity index (χ3n) is 2.88. The number of hydrogen-bond donors (Lipinski definition) is 1. The third-order valence-corrected chi connectivity index (χ3v) is 4.72. The third kappa shape index (κ3) is 5.04. The second-order valence-electron chi connectivity index (χ2n) is 4.60. The Balaban J connectivity index is 4.59. The molecule has 0 aromatic carbocycles. The minimum absolute atomic E-state index is 0.0192. The van der Waals surface area contributed by atoms with Gasteiger partial charge in [0.2, 0.25) is 0 Å². The summed E-state index contributed by atoms with van der Waals surface area (Å²) in [5.41, 5.74) is -1.03. The van der Waals surface area contributed by atoms with Gasteiger partial charge in [0.1, 0.15) is 5.54 Å². The minimum Gasteiger partial charge on any atom is -0.480 e. The first-order valence-corrected chi connectivity index (χ1v) is 7.68. The van der Waals surface area contributed by atoms with Crippen molar-refractivity contribution in [3.63, 3.8) is 0 Å². The van der Waals surface area contributed by atoms with E-state index >= 15 is 0 Å². The summed E-state index contributed by atoms with van der Waals surface area (Å²) in [6.45, 7) is 7.60. The van der Waals surface area contributed by atoms with Crippen LogP contribution in [0.3, 0.4) is 0 Å². The zero-order chi connectivity index (χ0) is 13.7. The Bertz CT molecular complexity index is 348. The molecule has 0 amide bonds. The Morgan fingerprint density at radius 1 is 1.24 bits per heavy atom. The lowest BCUT2D eigenvalue weighted by molar-refractivity contribution is -0.149. The SMILES string of the molecule is CCCS(=O)(=O)CCN(CC)C(C)(C)C(=O)O. The van der Waals surface area contributed by atoms with E-state index in [-0.39, 0.29) is 18.1 Å². The number of hydrogen-bond acceptors (Lipinski definition) is 4. The standard InChI is InChI=1S/C11H23NO4S/c1-5-8-17(15,16)9-7-12(6-2)11(3,4)10(13)14/h5-9H2,1-4H3,(H,13,14). The van der Waals surface area contributed by atoms with Crippen molar-refractivity contribution in [3.05, 3.63) is 0 Å². The van der Waals surface area contributed by atoms with Crippen LogP contribution in [0.4, 0.5) is 0 Å². The molecule has 0 saturated carbocycles. The van der Waals surface area contributed by atoms with Crippen LogP contribution in [0.1, 0.15) is 34.1 Å². The van der Waals surface area contributed by atoms with E-state index in [2.05, 4.69) is 0 Å². The Morgan fingerprint density at radius 2 is 1.76 bits per heavy atom. The largest absolute Gasteiger partial charge is 0.480 e. The quantitative estimate of drug-likeness (QED) is 0.708. The van der Waals surface area contributed by atoms with Crippen LogP contribution in [0, 0.1) is 0 Å². The van der Waals surface area contributed by atoms with E-state index in [1.807, 2.05) is 13.8 Å². The van der Waals surface area contributed by atoms with Crippen LogP contribution >= 0.6 is 0 Å². The number of sulfone groups is 1. The molecule has 0 aromatic rings. The van der Waals surface area contributed by atoms with Gasteiger partial charge >= 0.3 is 5.97 Å². The number of nitrogens with zero attached hydrogens (tertiary/aromatic N) is 1. The van der Waals surface area contributed by atoms with Gasteiger partial charge in [0.05, 0.1) is 5.75 Å². The zero-order valence-corrected chi connectivity index (χ0v) is 11.9. The highest BCUT2D eigenvalue weighted by atomic mass is 32.2. The van der Waals surface area contributed by atoms with Gasteiger partial charge in [0.25, 0.3) is 0 Å². The summed E-state index contributed by atoms with van der Waals surface area (Å²) in [5.74, 6) is -0.754. The highest BCUT2D eigenvalue weighted by Gasteiger charge is 2.33. The van der Waals surface area contributed by atoms with E-state index in [4.69, 9.17) is 5.11 Å². The molecule has 0 aliphatic rings. The first-order chi connectivity index (χ1) is 7.67. The Morgan fingerprint density at radius 3 is 2.12 bits per heavy atom. The molecule has 0 aliphatic heterocycles. The number of carboxylic acid groups (broad SMARTS) is 1. The fourth-order valence-electron chi connectivity index (χ4n) is 1.63. The lowest BCUT2D eigenvalue weighted by Crippen LogP contribution is -2.51. The molecule has 0 bridgehead atoms. The van der Waals surface area contributed by atoms with Gasteiger partial charge in [-0.15, -0.1) is 0 Å². The van der Waals surface area contributed by atoms with E-state index in [0.717, 1.165) is 0 Å². The van der Waals surface area contributed by atoms with Crippen molar-refractivity contribution < 1.29 is 18.3 Å². The van der Waals surface area contributed by atoms with Crippen LogP contribution in [0.5, 0.6) is 0 Å². The maximum absolute atomic E-state index is 11.6. The highest BCUT2D eigenvalue weighted by Crippen LogP contribution is 2.14. The fraction of sp³-hybridized carbons (Fsp3) is 0.909. The highest BCUT2D eigenvalue weighted by molar-refractivity contribution is 7.91. The monoisotopic (exact) mass is 265 g/mol. The molecular formula is C11H23NO4S. The van der Waals surface area contributed by atoms with E-state index in [1.165, 1.54) is 0 Å². The maximum atomic E-state index is 11.6. The second-order valence-corrected chi connectivity index (χ2v) is 6.90. The van der Waals surface area contributed by atoms with E-state index in [0.29, 0.717) is 13.0 Å². The summed E-state index contributed by atoms with van der Waals surface area (Å²) < 4.78 is 23.1. The minimum atomic E-state index is -3.06. The van der Waals surface area contributed by atoms with Gasteiger partial charge in [-0.25, -0.2) is 8.42 Å². The van der Waals surface area contributed by atoms with Crippen LogP contribution in [0.25, 0.3) is 0 Å². The molecule has 102 valence electrons. The average Bonchev–Trinajstić information content (AvgIpc) is 2.17. The van der Waals surface area contributed by atoms with Gasteiger partial charge < -0.3 is 5.11 Å². The Kier molecular flexibility index (Phi) is 6.12. The zero-order valence-electron chi connectivity index (χ0n) is 11.1. The van der Waals surface area contributed by atoms with Crippen LogP contribution in [0.2, 0.25) is 0 Å². The molecule has 0 fully saturated rings. The number of likely N-dealkylation sites (N-methyl/N-ethyl adjacent to an activating group) is 1. The molecule has 0 atom stereocenters. The Hall–Kier alpha value is -0.620. The van der Waals surface area contributed by atoms with Crippen molar-refractivity contribution >= 4 is 15.8 Å². The van der Waals surface area contributed by atoms with Gasteiger partial charge in [0.15, 0.2) is 9.84 Å². The molecule has 1 N–H and O–H groups in total. The Labute approximate surface area is 104 Å². The lowest BCUT2D eigenvalue weighted by atomic mass is 10.0. The molecule has 0 saturated heterocycles. The molecule has 0 unspecified atom stereocenters. The van der Waals surface area contributed by atoms with Crippen molar-refractivity contribution in [1.82, 2.24) is 4.90 Å². The molecule has 0 heterocycles. The molecule has 17 heavy (non-hydrogen) atoms. The summed E-state index contributed by atoms with van der Waals surface area (Å²) in [6, 6.07) is 0. The van der Waals surface area contributed by atoms with Crippen molar-refractivity contribution in [1.29, 1.82) is 0 Å². The summed E-state index contributed by atoms with van der Waals surface area (Å²) in [5, 5.41) is 9.08.